The summed E-state index contributed by atoms with van der Waals surface area (Å²) in [5, 5.41) is 0.581. The van der Waals surface area contributed by atoms with Crippen LogP contribution in [0.1, 0.15) is 11.1 Å². The fourth-order valence-corrected chi connectivity index (χ4v) is 1.79. The number of ether oxygens (including phenoxy) is 1. The van der Waals surface area contributed by atoms with Crippen LogP contribution in [0.15, 0.2) is 36.7 Å². The maximum absolute atomic E-state index is 13.6. The van der Waals surface area contributed by atoms with E-state index in [4.69, 9.17) is 4.74 Å². The smallest absolute Gasteiger partial charge is 0.165 e. The van der Waals surface area contributed by atoms with Crippen LogP contribution in [0.5, 0.6) is 5.75 Å². The van der Waals surface area contributed by atoms with Crippen LogP contribution < -0.4 is 4.74 Å². The Morgan fingerprint density at radius 1 is 1.11 bits per heavy atom. The molecule has 94 valence electrons. The first-order valence-electron chi connectivity index (χ1n) is 5.25. The molecule has 0 atom stereocenters. The van der Waals surface area contributed by atoms with Gasteiger partial charge in [0, 0.05) is 17.1 Å². The van der Waals surface area contributed by atoms with Gasteiger partial charge in [-0.3, -0.25) is 4.98 Å². The SMILES string of the molecule is Fc1cncc(COc2ccc(CBr)cc2F)c1. The third-order valence-corrected chi connectivity index (χ3v) is 2.95. The zero-order chi connectivity index (χ0) is 13.0. The highest BCUT2D eigenvalue weighted by molar-refractivity contribution is 9.08. The van der Waals surface area contributed by atoms with E-state index in [-0.39, 0.29) is 12.4 Å². The second-order valence-electron chi connectivity index (χ2n) is 3.70. The number of hydrogen-bond donors (Lipinski definition) is 0. The number of benzene rings is 1. The number of nitrogens with zero attached hydrogens (tertiary/aromatic N) is 1. The van der Waals surface area contributed by atoms with Crippen LogP contribution in [0, 0.1) is 11.6 Å². The van der Waals surface area contributed by atoms with E-state index in [1.165, 1.54) is 18.3 Å². The van der Waals surface area contributed by atoms with Gasteiger partial charge in [-0.2, -0.15) is 0 Å². The Hall–Kier alpha value is -1.49. The van der Waals surface area contributed by atoms with Crippen molar-refractivity contribution in [2.24, 2.45) is 0 Å². The van der Waals surface area contributed by atoms with Gasteiger partial charge < -0.3 is 4.74 Å². The minimum Gasteiger partial charge on any atom is -0.486 e. The summed E-state index contributed by atoms with van der Waals surface area (Å²) in [5.74, 6) is -0.730. The molecule has 0 bridgehead atoms. The van der Waals surface area contributed by atoms with Crippen molar-refractivity contribution < 1.29 is 13.5 Å². The van der Waals surface area contributed by atoms with Gasteiger partial charge in [0.1, 0.15) is 12.4 Å². The fourth-order valence-electron chi connectivity index (χ4n) is 1.44. The minimum absolute atomic E-state index is 0.0787. The normalized spacial score (nSPS) is 10.4. The molecule has 0 saturated carbocycles. The highest BCUT2D eigenvalue weighted by atomic mass is 79.9. The molecular weight excluding hydrogens is 304 g/mol. The van der Waals surface area contributed by atoms with Gasteiger partial charge in [-0.05, 0) is 23.8 Å². The van der Waals surface area contributed by atoms with Crippen LogP contribution in [0.3, 0.4) is 0 Å². The number of halogens is 3. The van der Waals surface area contributed by atoms with E-state index >= 15 is 0 Å². The molecule has 2 rings (SSSR count). The Labute approximate surface area is 112 Å². The summed E-state index contributed by atoms with van der Waals surface area (Å²) in [5.41, 5.74) is 1.38. The van der Waals surface area contributed by atoms with Crippen molar-refractivity contribution in [3.63, 3.8) is 0 Å². The molecule has 0 spiro atoms. The van der Waals surface area contributed by atoms with Crippen LogP contribution in [0.4, 0.5) is 8.78 Å². The Bertz CT molecular complexity index is 548. The van der Waals surface area contributed by atoms with Crippen LogP contribution in [0.25, 0.3) is 0 Å². The Morgan fingerprint density at radius 3 is 2.61 bits per heavy atom. The molecule has 0 unspecified atom stereocenters. The molecule has 2 aromatic rings. The van der Waals surface area contributed by atoms with E-state index in [9.17, 15) is 8.78 Å². The average molecular weight is 314 g/mol. The molecule has 0 saturated heterocycles. The van der Waals surface area contributed by atoms with Gasteiger partial charge >= 0.3 is 0 Å². The molecule has 2 nitrogen and oxygen atoms in total. The summed E-state index contributed by atoms with van der Waals surface area (Å²) >= 11 is 3.24. The number of pyridine rings is 1. The average Bonchev–Trinajstić information content (AvgIpc) is 2.37. The molecule has 1 aromatic heterocycles. The minimum atomic E-state index is -0.439. The number of alkyl halides is 1. The molecule has 1 heterocycles. The summed E-state index contributed by atoms with van der Waals surface area (Å²) in [6.45, 7) is 0.0787. The zero-order valence-electron chi connectivity index (χ0n) is 9.37. The molecule has 18 heavy (non-hydrogen) atoms. The number of aromatic nitrogens is 1. The lowest BCUT2D eigenvalue weighted by Gasteiger charge is -2.08. The first-order chi connectivity index (χ1) is 8.69. The molecular formula is C13H10BrF2NO. The molecule has 0 aliphatic heterocycles. The fraction of sp³-hybridized carbons (Fsp3) is 0.154. The maximum Gasteiger partial charge on any atom is 0.165 e. The topological polar surface area (TPSA) is 22.1 Å². The summed E-state index contributed by atoms with van der Waals surface area (Å²) < 4.78 is 31.7. The number of hydrogen-bond acceptors (Lipinski definition) is 2. The zero-order valence-corrected chi connectivity index (χ0v) is 11.0. The van der Waals surface area contributed by atoms with Crippen molar-refractivity contribution in [3.05, 3.63) is 59.4 Å². The molecule has 0 aliphatic carbocycles. The lowest BCUT2D eigenvalue weighted by Crippen LogP contribution is -1.99. The third kappa shape index (κ3) is 3.26. The Morgan fingerprint density at radius 2 is 1.94 bits per heavy atom. The predicted octanol–water partition coefficient (Wildman–Crippen LogP) is 3.83. The molecule has 0 fully saturated rings. The lowest BCUT2D eigenvalue weighted by molar-refractivity contribution is 0.289. The van der Waals surface area contributed by atoms with Gasteiger partial charge in [0.2, 0.25) is 0 Å². The molecule has 1 aromatic carbocycles. The van der Waals surface area contributed by atoms with E-state index in [0.29, 0.717) is 10.9 Å². The molecule has 0 amide bonds. The van der Waals surface area contributed by atoms with Crippen molar-refractivity contribution >= 4 is 15.9 Å². The summed E-state index contributed by atoms with van der Waals surface area (Å²) in [6.07, 6.45) is 2.59. The first-order valence-corrected chi connectivity index (χ1v) is 6.38. The molecule has 0 aliphatic rings. The van der Waals surface area contributed by atoms with Gasteiger partial charge in [0.25, 0.3) is 0 Å². The summed E-state index contributed by atoms with van der Waals surface area (Å²) in [7, 11) is 0. The summed E-state index contributed by atoms with van der Waals surface area (Å²) in [6, 6.07) is 6.02. The van der Waals surface area contributed by atoms with E-state index in [1.54, 1.807) is 12.1 Å². The van der Waals surface area contributed by atoms with Crippen molar-refractivity contribution in [3.8, 4) is 5.75 Å². The maximum atomic E-state index is 13.6. The second-order valence-corrected chi connectivity index (χ2v) is 4.26. The quantitative estimate of drug-likeness (QED) is 0.800. The van der Waals surface area contributed by atoms with Crippen LogP contribution in [-0.2, 0) is 11.9 Å². The first kappa shape index (κ1) is 13.0. The Balaban J connectivity index is 2.06. The third-order valence-electron chi connectivity index (χ3n) is 2.31. The van der Waals surface area contributed by atoms with E-state index in [1.807, 2.05) is 0 Å². The van der Waals surface area contributed by atoms with Gasteiger partial charge in [-0.1, -0.05) is 22.0 Å². The molecule has 0 radical (unpaired) electrons. The van der Waals surface area contributed by atoms with Gasteiger partial charge in [-0.15, -0.1) is 0 Å². The van der Waals surface area contributed by atoms with Gasteiger partial charge in [0.15, 0.2) is 11.6 Å². The van der Waals surface area contributed by atoms with Crippen molar-refractivity contribution in [2.75, 3.05) is 0 Å². The highest BCUT2D eigenvalue weighted by Gasteiger charge is 2.05. The van der Waals surface area contributed by atoms with Crippen molar-refractivity contribution in [2.45, 2.75) is 11.9 Å². The summed E-state index contributed by atoms with van der Waals surface area (Å²) in [4.78, 5) is 3.69. The molecule has 0 N–H and O–H groups in total. The standard InChI is InChI=1S/C13H10BrF2NO/c14-5-9-1-2-13(12(16)4-9)18-8-10-3-11(15)7-17-6-10/h1-4,6-7H,5,8H2. The van der Waals surface area contributed by atoms with E-state index in [2.05, 4.69) is 20.9 Å². The largest absolute Gasteiger partial charge is 0.486 e. The van der Waals surface area contributed by atoms with Crippen molar-refractivity contribution in [1.29, 1.82) is 0 Å². The lowest BCUT2D eigenvalue weighted by atomic mass is 10.2. The van der Waals surface area contributed by atoms with Crippen LogP contribution in [-0.4, -0.2) is 4.98 Å². The van der Waals surface area contributed by atoms with Crippen molar-refractivity contribution in [1.82, 2.24) is 4.98 Å². The van der Waals surface area contributed by atoms with E-state index < -0.39 is 11.6 Å². The Kier molecular flexibility index (Phi) is 4.25. The van der Waals surface area contributed by atoms with E-state index in [0.717, 1.165) is 11.8 Å². The highest BCUT2D eigenvalue weighted by Crippen LogP contribution is 2.20. The number of rotatable bonds is 4. The van der Waals surface area contributed by atoms with Crippen LogP contribution >= 0.6 is 15.9 Å². The van der Waals surface area contributed by atoms with Gasteiger partial charge in [-0.25, -0.2) is 8.78 Å². The monoisotopic (exact) mass is 313 g/mol. The predicted molar refractivity (Wildman–Crippen MR) is 67.6 cm³/mol. The molecule has 5 heteroatoms. The second kappa shape index (κ2) is 5.91. The van der Waals surface area contributed by atoms with Crippen LogP contribution in [0.2, 0.25) is 0 Å². The van der Waals surface area contributed by atoms with Gasteiger partial charge in [0.05, 0.1) is 6.20 Å².